The molecule has 1 aliphatic heterocycles. The molecule has 1 aromatic heterocycles. The van der Waals surface area contributed by atoms with E-state index in [2.05, 4.69) is 41.0 Å². The summed E-state index contributed by atoms with van der Waals surface area (Å²) in [4.78, 5) is 10.0. The third-order valence-electron chi connectivity index (χ3n) is 4.36. The van der Waals surface area contributed by atoms with Crippen molar-refractivity contribution in [3.63, 3.8) is 0 Å². The smallest absolute Gasteiger partial charge is 0.120 e. The minimum atomic E-state index is 0.223. The van der Waals surface area contributed by atoms with Gasteiger partial charge in [0.05, 0.1) is 6.54 Å². The molecule has 19 heavy (non-hydrogen) atoms. The van der Waals surface area contributed by atoms with Crippen LogP contribution in [0.3, 0.4) is 0 Å². The summed E-state index contributed by atoms with van der Waals surface area (Å²) in [5.74, 6) is 1.90. The number of nitrogens with one attached hydrogen (secondary N) is 2. The number of imidazole rings is 1. The Morgan fingerprint density at radius 2 is 2.37 bits per heavy atom. The summed E-state index contributed by atoms with van der Waals surface area (Å²) >= 11 is 0. The average molecular weight is 264 g/mol. The zero-order valence-corrected chi connectivity index (χ0v) is 12.6. The van der Waals surface area contributed by atoms with Crippen molar-refractivity contribution in [1.29, 1.82) is 0 Å². The van der Waals surface area contributed by atoms with Gasteiger partial charge in [-0.3, -0.25) is 4.90 Å². The second-order valence-corrected chi connectivity index (χ2v) is 6.31. The van der Waals surface area contributed by atoms with Crippen LogP contribution in [0.4, 0.5) is 0 Å². The van der Waals surface area contributed by atoms with Crippen molar-refractivity contribution in [1.82, 2.24) is 20.2 Å². The molecule has 0 aromatic carbocycles. The quantitative estimate of drug-likeness (QED) is 0.829. The molecule has 2 heterocycles. The van der Waals surface area contributed by atoms with Crippen LogP contribution in [-0.4, -0.2) is 40.0 Å². The molecule has 0 aliphatic carbocycles. The number of aromatic amines is 1. The molecule has 1 unspecified atom stereocenters. The highest BCUT2D eigenvalue weighted by Gasteiger charge is 2.30. The Labute approximate surface area is 117 Å². The summed E-state index contributed by atoms with van der Waals surface area (Å²) in [7, 11) is 0. The van der Waals surface area contributed by atoms with E-state index in [9.17, 15) is 0 Å². The van der Waals surface area contributed by atoms with Gasteiger partial charge in [0.15, 0.2) is 0 Å². The molecule has 0 spiro atoms. The standard InChI is InChI=1S/C15H28N4/c1-4-13-6-5-9-19(11-13)15(2,3)12-16-10-14-17-7-8-18-14/h7-8,13,16H,4-6,9-12H2,1-3H3,(H,17,18). The van der Waals surface area contributed by atoms with Crippen molar-refractivity contribution in [2.24, 2.45) is 5.92 Å². The molecule has 0 amide bonds. The molecule has 1 atom stereocenters. The zero-order chi connectivity index (χ0) is 13.7. The van der Waals surface area contributed by atoms with Crippen molar-refractivity contribution in [2.75, 3.05) is 19.6 Å². The van der Waals surface area contributed by atoms with Gasteiger partial charge in [-0.05, 0) is 39.2 Å². The largest absolute Gasteiger partial charge is 0.348 e. The highest BCUT2D eigenvalue weighted by Crippen LogP contribution is 2.25. The van der Waals surface area contributed by atoms with E-state index in [0.29, 0.717) is 0 Å². The normalized spacial score (nSPS) is 21.7. The van der Waals surface area contributed by atoms with Gasteiger partial charge in [-0.25, -0.2) is 4.98 Å². The molecule has 1 fully saturated rings. The number of aromatic nitrogens is 2. The summed E-state index contributed by atoms with van der Waals surface area (Å²) in [6.45, 7) is 11.3. The third-order valence-corrected chi connectivity index (χ3v) is 4.36. The van der Waals surface area contributed by atoms with E-state index < -0.39 is 0 Å². The van der Waals surface area contributed by atoms with Crippen LogP contribution in [0.5, 0.6) is 0 Å². The van der Waals surface area contributed by atoms with Gasteiger partial charge in [-0.1, -0.05) is 13.3 Å². The van der Waals surface area contributed by atoms with Gasteiger partial charge in [0.2, 0.25) is 0 Å². The Morgan fingerprint density at radius 1 is 1.53 bits per heavy atom. The number of nitrogens with zero attached hydrogens (tertiary/aromatic N) is 2. The fourth-order valence-corrected chi connectivity index (χ4v) is 2.94. The lowest BCUT2D eigenvalue weighted by Gasteiger charge is -2.43. The van der Waals surface area contributed by atoms with Crippen molar-refractivity contribution in [3.8, 4) is 0 Å². The van der Waals surface area contributed by atoms with Gasteiger partial charge in [-0.2, -0.15) is 0 Å². The first kappa shape index (κ1) is 14.5. The predicted octanol–water partition coefficient (Wildman–Crippen LogP) is 2.40. The monoisotopic (exact) mass is 264 g/mol. The van der Waals surface area contributed by atoms with Crippen LogP contribution < -0.4 is 5.32 Å². The Kier molecular flexibility index (Phi) is 4.99. The van der Waals surface area contributed by atoms with Gasteiger partial charge in [0.1, 0.15) is 5.82 Å². The van der Waals surface area contributed by atoms with Gasteiger partial charge in [0.25, 0.3) is 0 Å². The topological polar surface area (TPSA) is 44.0 Å². The molecular formula is C15H28N4. The first-order chi connectivity index (χ1) is 9.12. The molecule has 0 saturated carbocycles. The number of hydrogen-bond donors (Lipinski definition) is 2. The van der Waals surface area contributed by atoms with Crippen LogP contribution in [0.15, 0.2) is 12.4 Å². The van der Waals surface area contributed by atoms with Crippen LogP contribution in [0.25, 0.3) is 0 Å². The maximum absolute atomic E-state index is 4.24. The number of rotatable bonds is 6. The average Bonchev–Trinajstić information content (AvgIpc) is 2.92. The first-order valence-electron chi connectivity index (χ1n) is 7.56. The molecular weight excluding hydrogens is 236 g/mol. The van der Waals surface area contributed by atoms with Crippen molar-refractivity contribution in [2.45, 2.75) is 52.1 Å². The minimum absolute atomic E-state index is 0.223. The van der Waals surface area contributed by atoms with Crippen molar-refractivity contribution in [3.05, 3.63) is 18.2 Å². The highest BCUT2D eigenvalue weighted by atomic mass is 15.2. The van der Waals surface area contributed by atoms with Crippen molar-refractivity contribution < 1.29 is 0 Å². The van der Waals surface area contributed by atoms with Crippen molar-refractivity contribution >= 4 is 0 Å². The summed E-state index contributed by atoms with van der Waals surface area (Å²) in [6.07, 6.45) is 7.74. The maximum Gasteiger partial charge on any atom is 0.120 e. The summed E-state index contributed by atoms with van der Waals surface area (Å²) in [5.41, 5.74) is 0.223. The Balaban J connectivity index is 1.79. The molecule has 1 aromatic rings. The van der Waals surface area contributed by atoms with E-state index in [-0.39, 0.29) is 5.54 Å². The second kappa shape index (κ2) is 6.53. The van der Waals surface area contributed by atoms with Crippen LogP contribution in [0, 0.1) is 5.92 Å². The Hall–Kier alpha value is -0.870. The lowest BCUT2D eigenvalue weighted by atomic mass is 9.91. The lowest BCUT2D eigenvalue weighted by molar-refractivity contribution is 0.0648. The summed E-state index contributed by atoms with van der Waals surface area (Å²) in [5, 5.41) is 3.52. The molecule has 0 radical (unpaired) electrons. The fraction of sp³-hybridized carbons (Fsp3) is 0.800. The number of likely N-dealkylation sites (tertiary alicyclic amines) is 1. The minimum Gasteiger partial charge on any atom is -0.348 e. The summed E-state index contributed by atoms with van der Waals surface area (Å²) in [6, 6.07) is 0. The molecule has 108 valence electrons. The fourth-order valence-electron chi connectivity index (χ4n) is 2.94. The van der Waals surface area contributed by atoms with Gasteiger partial charge >= 0.3 is 0 Å². The molecule has 1 aliphatic rings. The van der Waals surface area contributed by atoms with Crippen LogP contribution in [0.1, 0.15) is 45.9 Å². The Bertz CT molecular complexity index is 358. The van der Waals surface area contributed by atoms with E-state index >= 15 is 0 Å². The molecule has 2 rings (SSSR count). The number of H-pyrrole nitrogens is 1. The van der Waals surface area contributed by atoms with Gasteiger partial charge < -0.3 is 10.3 Å². The van der Waals surface area contributed by atoms with E-state index in [1.54, 1.807) is 6.20 Å². The van der Waals surface area contributed by atoms with E-state index in [4.69, 9.17) is 0 Å². The van der Waals surface area contributed by atoms with Crippen LogP contribution in [-0.2, 0) is 6.54 Å². The molecule has 4 nitrogen and oxygen atoms in total. The third kappa shape index (κ3) is 4.05. The Morgan fingerprint density at radius 3 is 3.05 bits per heavy atom. The maximum atomic E-state index is 4.24. The molecule has 4 heteroatoms. The zero-order valence-electron chi connectivity index (χ0n) is 12.6. The van der Waals surface area contributed by atoms with E-state index in [1.165, 1.54) is 32.4 Å². The number of piperidine rings is 1. The SMILES string of the molecule is CCC1CCCN(C(C)(C)CNCc2ncc[nH]2)C1. The van der Waals surface area contributed by atoms with Crippen LogP contribution in [0.2, 0.25) is 0 Å². The van der Waals surface area contributed by atoms with E-state index in [0.717, 1.165) is 24.8 Å². The van der Waals surface area contributed by atoms with Gasteiger partial charge in [-0.15, -0.1) is 0 Å². The van der Waals surface area contributed by atoms with Crippen LogP contribution >= 0.6 is 0 Å². The second-order valence-electron chi connectivity index (χ2n) is 6.31. The lowest BCUT2D eigenvalue weighted by Crippen LogP contribution is -2.54. The summed E-state index contributed by atoms with van der Waals surface area (Å²) < 4.78 is 0. The first-order valence-corrected chi connectivity index (χ1v) is 7.56. The number of hydrogen-bond acceptors (Lipinski definition) is 3. The van der Waals surface area contributed by atoms with E-state index in [1.807, 2.05) is 6.20 Å². The van der Waals surface area contributed by atoms with Gasteiger partial charge in [0, 0.05) is 31.0 Å². The molecule has 2 N–H and O–H groups in total. The highest BCUT2D eigenvalue weighted by molar-refractivity contribution is 4.90. The molecule has 0 bridgehead atoms. The molecule has 1 saturated heterocycles. The predicted molar refractivity (Wildman–Crippen MR) is 79.0 cm³/mol.